The number of hydrogen-bond acceptors (Lipinski definition) is 3. The van der Waals surface area contributed by atoms with E-state index >= 15 is 0 Å². The standard InChI is InChI=1S/C14H17BrFNO4/c1-14(2,3)21-13(20)17-11(7-12(18)19)8-4-5-10(16)9(15)6-8/h4-6,11H,7H2,1-3H3,(H,17,20)(H,18,19). The van der Waals surface area contributed by atoms with E-state index in [0.717, 1.165) is 0 Å². The molecule has 0 aromatic heterocycles. The minimum atomic E-state index is -1.09. The largest absolute Gasteiger partial charge is 0.481 e. The van der Waals surface area contributed by atoms with E-state index in [4.69, 9.17) is 9.84 Å². The Morgan fingerprint density at radius 3 is 2.52 bits per heavy atom. The molecule has 0 saturated carbocycles. The number of aliphatic carboxylic acids is 1. The molecule has 0 bridgehead atoms. The normalized spacial score (nSPS) is 12.6. The van der Waals surface area contributed by atoms with Crippen LogP contribution in [0.5, 0.6) is 0 Å². The molecule has 0 aliphatic carbocycles. The molecule has 1 amide bonds. The van der Waals surface area contributed by atoms with E-state index in [1.807, 2.05) is 0 Å². The second-order valence-corrected chi connectivity index (χ2v) is 6.32. The third-order valence-electron chi connectivity index (χ3n) is 2.42. The van der Waals surface area contributed by atoms with Crippen LogP contribution in [0.25, 0.3) is 0 Å². The summed E-state index contributed by atoms with van der Waals surface area (Å²) in [5, 5.41) is 11.4. The molecule has 0 heterocycles. The zero-order chi connectivity index (χ0) is 16.2. The van der Waals surface area contributed by atoms with Gasteiger partial charge in [0.15, 0.2) is 0 Å². The number of carbonyl (C=O) groups excluding carboxylic acids is 1. The molecule has 7 heteroatoms. The summed E-state index contributed by atoms with van der Waals surface area (Å²) in [4.78, 5) is 22.7. The van der Waals surface area contributed by atoms with Crippen LogP contribution in [-0.4, -0.2) is 22.8 Å². The van der Waals surface area contributed by atoms with Crippen molar-refractivity contribution in [1.82, 2.24) is 5.32 Å². The summed E-state index contributed by atoms with van der Waals surface area (Å²) in [6.45, 7) is 5.10. The molecule has 5 nitrogen and oxygen atoms in total. The minimum absolute atomic E-state index is 0.196. The summed E-state index contributed by atoms with van der Waals surface area (Å²) in [6.07, 6.45) is -1.06. The molecule has 1 atom stereocenters. The Bertz CT molecular complexity index is 542. The van der Waals surface area contributed by atoms with E-state index in [9.17, 15) is 14.0 Å². The molecule has 1 unspecified atom stereocenters. The van der Waals surface area contributed by atoms with Gasteiger partial charge in [-0.2, -0.15) is 0 Å². The van der Waals surface area contributed by atoms with E-state index < -0.39 is 29.5 Å². The van der Waals surface area contributed by atoms with Crippen LogP contribution < -0.4 is 5.32 Å². The van der Waals surface area contributed by atoms with Crippen molar-refractivity contribution in [1.29, 1.82) is 0 Å². The highest BCUT2D eigenvalue weighted by atomic mass is 79.9. The number of alkyl carbamates (subject to hydrolysis) is 1. The number of carboxylic acid groups (broad SMARTS) is 1. The molecular formula is C14H17BrFNO4. The average molecular weight is 362 g/mol. The van der Waals surface area contributed by atoms with Crippen molar-refractivity contribution in [2.75, 3.05) is 0 Å². The first-order valence-corrected chi connectivity index (χ1v) is 7.04. The van der Waals surface area contributed by atoms with E-state index in [0.29, 0.717) is 5.56 Å². The van der Waals surface area contributed by atoms with Gasteiger partial charge >= 0.3 is 12.1 Å². The highest BCUT2D eigenvalue weighted by Crippen LogP contribution is 2.24. The molecule has 0 saturated heterocycles. The number of carbonyl (C=O) groups is 2. The van der Waals surface area contributed by atoms with Crippen LogP contribution in [0.2, 0.25) is 0 Å². The van der Waals surface area contributed by atoms with Crippen LogP contribution in [-0.2, 0) is 9.53 Å². The number of carboxylic acids is 1. The molecule has 21 heavy (non-hydrogen) atoms. The highest BCUT2D eigenvalue weighted by molar-refractivity contribution is 9.10. The molecule has 0 aliphatic heterocycles. The number of nitrogens with one attached hydrogen (secondary N) is 1. The Hall–Kier alpha value is -1.63. The zero-order valence-electron chi connectivity index (χ0n) is 11.9. The van der Waals surface area contributed by atoms with Crippen molar-refractivity contribution in [2.24, 2.45) is 0 Å². The molecular weight excluding hydrogens is 345 g/mol. The summed E-state index contributed by atoms with van der Waals surface area (Å²) in [6, 6.07) is 3.24. The molecule has 1 rings (SSSR count). The lowest BCUT2D eigenvalue weighted by atomic mass is 10.0. The van der Waals surface area contributed by atoms with Crippen LogP contribution in [0, 0.1) is 5.82 Å². The average Bonchev–Trinajstić information content (AvgIpc) is 2.28. The number of halogens is 2. The molecule has 0 spiro atoms. The zero-order valence-corrected chi connectivity index (χ0v) is 13.5. The minimum Gasteiger partial charge on any atom is -0.481 e. The van der Waals surface area contributed by atoms with Crippen LogP contribution in [0.4, 0.5) is 9.18 Å². The number of benzene rings is 1. The van der Waals surface area contributed by atoms with E-state index in [-0.39, 0.29) is 10.9 Å². The highest BCUT2D eigenvalue weighted by Gasteiger charge is 2.23. The second kappa shape index (κ2) is 6.89. The van der Waals surface area contributed by atoms with Gasteiger partial charge in [0.25, 0.3) is 0 Å². The van der Waals surface area contributed by atoms with Gasteiger partial charge in [0.05, 0.1) is 16.9 Å². The summed E-state index contributed by atoms with van der Waals surface area (Å²) >= 11 is 3.03. The van der Waals surface area contributed by atoms with Crippen molar-refractivity contribution in [2.45, 2.75) is 38.8 Å². The summed E-state index contributed by atoms with van der Waals surface area (Å²) in [5.41, 5.74) is -0.224. The fraction of sp³-hybridized carbons (Fsp3) is 0.429. The lowest BCUT2D eigenvalue weighted by molar-refractivity contribution is -0.137. The topological polar surface area (TPSA) is 75.6 Å². The molecule has 1 aromatic carbocycles. The van der Waals surface area contributed by atoms with Crippen LogP contribution in [0.3, 0.4) is 0 Å². The maximum atomic E-state index is 13.2. The van der Waals surface area contributed by atoms with Gasteiger partial charge in [-0.05, 0) is 54.4 Å². The van der Waals surface area contributed by atoms with Crippen molar-refractivity contribution >= 4 is 28.0 Å². The lowest BCUT2D eigenvalue weighted by Gasteiger charge is -2.23. The Morgan fingerprint density at radius 2 is 2.05 bits per heavy atom. The maximum Gasteiger partial charge on any atom is 0.408 e. The van der Waals surface area contributed by atoms with Gasteiger partial charge in [-0.1, -0.05) is 6.07 Å². The van der Waals surface area contributed by atoms with Crippen LogP contribution in [0.1, 0.15) is 38.8 Å². The van der Waals surface area contributed by atoms with Crippen molar-refractivity contribution in [3.8, 4) is 0 Å². The SMILES string of the molecule is CC(C)(C)OC(=O)NC(CC(=O)O)c1ccc(F)c(Br)c1. The monoisotopic (exact) mass is 361 g/mol. The van der Waals surface area contributed by atoms with Gasteiger partial charge in [0, 0.05) is 0 Å². The molecule has 0 radical (unpaired) electrons. The van der Waals surface area contributed by atoms with Crippen molar-refractivity contribution in [3.05, 3.63) is 34.1 Å². The Labute approximate surface area is 130 Å². The van der Waals surface area contributed by atoms with Crippen LogP contribution >= 0.6 is 15.9 Å². The van der Waals surface area contributed by atoms with E-state index in [1.54, 1.807) is 20.8 Å². The van der Waals surface area contributed by atoms with Gasteiger partial charge in [-0.25, -0.2) is 9.18 Å². The smallest absolute Gasteiger partial charge is 0.408 e. The summed E-state index contributed by atoms with van der Waals surface area (Å²) in [5.74, 6) is -1.55. The molecule has 0 fully saturated rings. The predicted molar refractivity (Wildman–Crippen MR) is 78.5 cm³/mol. The molecule has 2 N–H and O–H groups in total. The molecule has 0 aliphatic rings. The predicted octanol–water partition coefficient (Wildman–Crippen LogP) is 3.63. The third-order valence-corrected chi connectivity index (χ3v) is 3.02. The third kappa shape index (κ3) is 6.12. The number of ether oxygens (including phenoxy) is 1. The van der Waals surface area contributed by atoms with Gasteiger partial charge in [-0.3, -0.25) is 4.79 Å². The van der Waals surface area contributed by atoms with E-state index in [2.05, 4.69) is 21.2 Å². The van der Waals surface area contributed by atoms with Crippen molar-refractivity contribution in [3.63, 3.8) is 0 Å². The Kier molecular flexibility index (Phi) is 5.71. The molecule has 1 aromatic rings. The van der Waals surface area contributed by atoms with Gasteiger partial charge < -0.3 is 15.2 Å². The van der Waals surface area contributed by atoms with Gasteiger partial charge in [0.1, 0.15) is 11.4 Å². The first-order valence-electron chi connectivity index (χ1n) is 6.25. The summed E-state index contributed by atoms with van der Waals surface area (Å²) in [7, 11) is 0. The fourth-order valence-electron chi connectivity index (χ4n) is 1.61. The molecule has 116 valence electrons. The number of rotatable bonds is 4. The van der Waals surface area contributed by atoms with Crippen molar-refractivity contribution < 1.29 is 23.8 Å². The van der Waals surface area contributed by atoms with E-state index in [1.165, 1.54) is 18.2 Å². The van der Waals surface area contributed by atoms with Crippen LogP contribution in [0.15, 0.2) is 22.7 Å². The Morgan fingerprint density at radius 1 is 1.43 bits per heavy atom. The second-order valence-electron chi connectivity index (χ2n) is 5.47. The first-order chi connectivity index (χ1) is 9.58. The summed E-state index contributed by atoms with van der Waals surface area (Å²) < 4.78 is 18.5. The Balaban J connectivity index is 2.92. The lowest BCUT2D eigenvalue weighted by Crippen LogP contribution is -2.35. The van der Waals surface area contributed by atoms with Gasteiger partial charge in [-0.15, -0.1) is 0 Å². The first kappa shape index (κ1) is 17.4. The van der Waals surface area contributed by atoms with Gasteiger partial charge in [0.2, 0.25) is 0 Å². The quantitative estimate of drug-likeness (QED) is 0.858. The number of amides is 1. The number of hydrogen-bond donors (Lipinski definition) is 2. The maximum absolute atomic E-state index is 13.2. The fourth-order valence-corrected chi connectivity index (χ4v) is 2.00.